The van der Waals surface area contributed by atoms with Crippen LogP contribution in [0, 0.1) is 13.8 Å². The molecule has 0 atom stereocenters. The van der Waals surface area contributed by atoms with Gasteiger partial charge in [0.25, 0.3) is 0 Å². The summed E-state index contributed by atoms with van der Waals surface area (Å²) in [6, 6.07) is 9.78. The van der Waals surface area contributed by atoms with E-state index in [0.717, 1.165) is 15.9 Å². The molecule has 0 unspecified atom stereocenters. The maximum Gasteiger partial charge on any atom is 0.153 e. The number of nitrogens with zero attached hydrogens (tertiary/aromatic N) is 1. The van der Waals surface area contributed by atoms with Crippen molar-refractivity contribution in [2.24, 2.45) is 0 Å². The summed E-state index contributed by atoms with van der Waals surface area (Å²) >= 11 is 3.55. The maximum atomic E-state index is 5.89. The first-order valence-corrected chi connectivity index (χ1v) is 6.12. The number of halogens is 1. The number of rotatable bonds is 2. The number of pyridine rings is 1. The van der Waals surface area contributed by atoms with E-state index in [9.17, 15) is 0 Å². The van der Waals surface area contributed by atoms with Crippen LogP contribution in [0.4, 0.5) is 17.2 Å². The molecule has 2 aromatic rings. The van der Waals surface area contributed by atoms with Gasteiger partial charge in [0.2, 0.25) is 0 Å². The minimum atomic E-state index is 0.643. The Morgan fingerprint density at radius 1 is 1.18 bits per heavy atom. The number of anilines is 3. The second kappa shape index (κ2) is 4.75. The zero-order valence-electron chi connectivity index (χ0n) is 9.79. The van der Waals surface area contributed by atoms with Crippen LogP contribution in [0.1, 0.15) is 11.3 Å². The topological polar surface area (TPSA) is 50.9 Å². The molecular weight excluding hydrogens is 278 g/mol. The van der Waals surface area contributed by atoms with Gasteiger partial charge >= 0.3 is 0 Å². The van der Waals surface area contributed by atoms with E-state index in [1.54, 1.807) is 0 Å². The third kappa shape index (κ3) is 2.58. The lowest BCUT2D eigenvalue weighted by atomic mass is 10.2. The molecule has 0 aliphatic carbocycles. The van der Waals surface area contributed by atoms with Crippen LogP contribution in [-0.4, -0.2) is 4.98 Å². The summed E-state index contributed by atoms with van der Waals surface area (Å²) in [6.07, 6.45) is 0. The Kier molecular flexibility index (Phi) is 3.33. The van der Waals surface area contributed by atoms with Gasteiger partial charge in [-0.05, 0) is 53.5 Å². The second-order valence-electron chi connectivity index (χ2n) is 3.95. The lowest BCUT2D eigenvalue weighted by Gasteiger charge is -2.11. The summed E-state index contributed by atoms with van der Waals surface area (Å²) in [7, 11) is 0. The molecule has 0 fully saturated rings. The van der Waals surface area contributed by atoms with Crippen molar-refractivity contribution in [1.29, 1.82) is 0 Å². The third-order valence-corrected chi connectivity index (χ3v) is 3.56. The van der Waals surface area contributed by atoms with Crippen molar-refractivity contribution < 1.29 is 0 Å². The molecule has 88 valence electrons. The molecule has 0 saturated heterocycles. The van der Waals surface area contributed by atoms with Gasteiger partial charge in [0.15, 0.2) is 5.82 Å². The predicted molar refractivity (Wildman–Crippen MR) is 75.5 cm³/mol. The molecule has 0 bridgehead atoms. The first kappa shape index (κ1) is 11.9. The molecule has 0 saturated carbocycles. The molecular formula is C13H14BrN3. The summed E-state index contributed by atoms with van der Waals surface area (Å²) in [5.41, 5.74) is 9.60. The zero-order valence-corrected chi connectivity index (χ0v) is 11.4. The van der Waals surface area contributed by atoms with Crippen LogP contribution in [-0.2, 0) is 0 Å². The van der Waals surface area contributed by atoms with E-state index in [0.29, 0.717) is 11.5 Å². The van der Waals surface area contributed by atoms with Gasteiger partial charge in [-0.2, -0.15) is 0 Å². The Morgan fingerprint density at radius 3 is 2.71 bits per heavy atom. The van der Waals surface area contributed by atoms with Gasteiger partial charge in [0.05, 0.1) is 11.4 Å². The van der Waals surface area contributed by atoms with Crippen molar-refractivity contribution in [1.82, 2.24) is 4.98 Å². The number of benzene rings is 1. The third-order valence-electron chi connectivity index (χ3n) is 2.51. The SMILES string of the molecule is Cc1ccc(N)c(Nc2cccc(C)c2Br)n1. The maximum absolute atomic E-state index is 5.89. The fourth-order valence-corrected chi connectivity index (χ4v) is 1.90. The highest BCUT2D eigenvalue weighted by molar-refractivity contribution is 9.10. The van der Waals surface area contributed by atoms with Crippen molar-refractivity contribution in [3.05, 3.63) is 46.1 Å². The molecule has 1 heterocycles. The molecule has 17 heavy (non-hydrogen) atoms. The first-order valence-electron chi connectivity index (χ1n) is 5.33. The number of nitrogen functional groups attached to an aromatic ring is 1. The smallest absolute Gasteiger partial charge is 0.153 e. The van der Waals surface area contributed by atoms with Crippen molar-refractivity contribution in [3.63, 3.8) is 0 Å². The molecule has 2 rings (SSSR count). The lowest BCUT2D eigenvalue weighted by molar-refractivity contribution is 1.20. The number of nitrogens with one attached hydrogen (secondary N) is 1. The predicted octanol–water partition coefficient (Wildman–Crippen LogP) is 3.79. The standard InChI is InChI=1S/C13H14BrN3/c1-8-4-3-5-11(12(8)14)17-13-10(15)7-6-9(2)16-13/h3-7H,15H2,1-2H3,(H,16,17). The van der Waals surface area contributed by atoms with Crippen LogP contribution in [0.15, 0.2) is 34.8 Å². The number of hydrogen-bond donors (Lipinski definition) is 2. The van der Waals surface area contributed by atoms with Crippen molar-refractivity contribution in [3.8, 4) is 0 Å². The summed E-state index contributed by atoms with van der Waals surface area (Å²) in [6.45, 7) is 3.98. The summed E-state index contributed by atoms with van der Waals surface area (Å²) < 4.78 is 1.03. The molecule has 0 aliphatic rings. The van der Waals surface area contributed by atoms with Crippen molar-refractivity contribution in [2.45, 2.75) is 13.8 Å². The van der Waals surface area contributed by atoms with Gasteiger partial charge in [-0.1, -0.05) is 12.1 Å². The summed E-state index contributed by atoms with van der Waals surface area (Å²) in [5.74, 6) is 0.691. The van der Waals surface area contributed by atoms with E-state index in [2.05, 4.69) is 26.2 Å². The monoisotopic (exact) mass is 291 g/mol. The van der Waals surface area contributed by atoms with E-state index in [4.69, 9.17) is 5.73 Å². The number of aromatic nitrogens is 1. The summed E-state index contributed by atoms with van der Waals surface area (Å²) in [5, 5.41) is 3.24. The fourth-order valence-electron chi connectivity index (χ4n) is 1.54. The minimum Gasteiger partial charge on any atom is -0.396 e. The van der Waals surface area contributed by atoms with E-state index in [-0.39, 0.29) is 0 Å². The highest BCUT2D eigenvalue weighted by Gasteiger charge is 2.06. The van der Waals surface area contributed by atoms with Gasteiger partial charge in [-0.15, -0.1) is 0 Å². The Bertz CT molecular complexity index is 552. The molecule has 0 amide bonds. The van der Waals surface area contributed by atoms with Crippen LogP contribution >= 0.6 is 15.9 Å². The normalized spacial score (nSPS) is 10.3. The quantitative estimate of drug-likeness (QED) is 0.885. The van der Waals surface area contributed by atoms with Crippen molar-refractivity contribution in [2.75, 3.05) is 11.1 Å². The van der Waals surface area contributed by atoms with Gasteiger partial charge in [0.1, 0.15) is 0 Å². The minimum absolute atomic E-state index is 0.643. The van der Waals surface area contributed by atoms with Gasteiger partial charge in [-0.3, -0.25) is 0 Å². The van der Waals surface area contributed by atoms with Crippen LogP contribution in [0.3, 0.4) is 0 Å². The molecule has 0 aliphatic heterocycles. The molecule has 3 N–H and O–H groups in total. The average Bonchev–Trinajstić information content (AvgIpc) is 2.30. The number of hydrogen-bond acceptors (Lipinski definition) is 3. The molecule has 0 spiro atoms. The second-order valence-corrected chi connectivity index (χ2v) is 4.74. The van der Waals surface area contributed by atoms with Crippen LogP contribution in [0.2, 0.25) is 0 Å². The molecule has 0 radical (unpaired) electrons. The number of nitrogens with two attached hydrogens (primary N) is 1. The van der Waals surface area contributed by atoms with Crippen LogP contribution < -0.4 is 11.1 Å². The average molecular weight is 292 g/mol. The summed E-state index contributed by atoms with van der Waals surface area (Å²) in [4.78, 5) is 4.38. The van der Waals surface area contributed by atoms with Crippen LogP contribution in [0.5, 0.6) is 0 Å². The van der Waals surface area contributed by atoms with Gasteiger partial charge in [0, 0.05) is 10.2 Å². The Morgan fingerprint density at radius 2 is 1.94 bits per heavy atom. The van der Waals surface area contributed by atoms with E-state index in [1.165, 1.54) is 5.56 Å². The first-order chi connectivity index (χ1) is 8.08. The Hall–Kier alpha value is -1.55. The van der Waals surface area contributed by atoms with Crippen LogP contribution in [0.25, 0.3) is 0 Å². The van der Waals surface area contributed by atoms with E-state index < -0.39 is 0 Å². The molecule has 3 nitrogen and oxygen atoms in total. The van der Waals surface area contributed by atoms with E-state index in [1.807, 2.05) is 44.2 Å². The van der Waals surface area contributed by atoms with E-state index >= 15 is 0 Å². The highest BCUT2D eigenvalue weighted by atomic mass is 79.9. The highest BCUT2D eigenvalue weighted by Crippen LogP contribution is 2.29. The Balaban J connectivity index is 2.38. The van der Waals surface area contributed by atoms with Crippen molar-refractivity contribution >= 4 is 33.1 Å². The largest absolute Gasteiger partial charge is 0.396 e. The fraction of sp³-hybridized carbons (Fsp3) is 0.154. The zero-order chi connectivity index (χ0) is 12.4. The Labute approximate surface area is 109 Å². The lowest BCUT2D eigenvalue weighted by Crippen LogP contribution is -2.01. The van der Waals surface area contributed by atoms with Gasteiger partial charge < -0.3 is 11.1 Å². The molecule has 1 aromatic carbocycles. The molecule has 4 heteroatoms. The molecule has 1 aromatic heterocycles. The van der Waals surface area contributed by atoms with Gasteiger partial charge in [-0.25, -0.2) is 4.98 Å². The number of aryl methyl sites for hydroxylation is 2.